The van der Waals surface area contributed by atoms with Gasteiger partial charge in [0.05, 0.1) is 13.2 Å². The molecular formula is C70H128NO8P. The number of rotatable bonds is 64. The number of phosphoric acid groups is 1. The van der Waals surface area contributed by atoms with Crippen molar-refractivity contribution < 1.29 is 37.6 Å². The van der Waals surface area contributed by atoms with Crippen LogP contribution in [0.15, 0.2) is 72.9 Å². The van der Waals surface area contributed by atoms with Crippen LogP contribution in [-0.4, -0.2) is 49.3 Å². The maximum atomic E-state index is 12.7. The van der Waals surface area contributed by atoms with E-state index in [1.54, 1.807) is 0 Å². The molecule has 0 aromatic heterocycles. The Bertz CT molecular complexity index is 1540. The van der Waals surface area contributed by atoms with E-state index in [1.165, 1.54) is 199 Å². The molecule has 0 aliphatic carbocycles. The van der Waals surface area contributed by atoms with E-state index in [-0.39, 0.29) is 38.6 Å². The Morgan fingerprint density at radius 3 is 1.02 bits per heavy atom. The zero-order valence-corrected chi connectivity index (χ0v) is 53.2. The molecule has 0 bridgehead atoms. The van der Waals surface area contributed by atoms with Gasteiger partial charge in [0.2, 0.25) is 0 Å². The van der Waals surface area contributed by atoms with Crippen molar-refractivity contribution in [2.75, 3.05) is 26.4 Å². The highest BCUT2D eigenvalue weighted by molar-refractivity contribution is 7.47. The van der Waals surface area contributed by atoms with Crippen LogP contribution in [0, 0.1) is 0 Å². The first-order valence-electron chi connectivity index (χ1n) is 33.9. The monoisotopic (exact) mass is 1140 g/mol. The number of phosphoric ester groups is 1. The number of allylic oxidation sites excluding steroid dienone is 12. The topological polar surface area (TPSA) is 134 Å². The SMILES string of the molecule is CC/C=C\C/C=C\C/C=C\C/C=C\C/C=C\C/C=C\CCCCCCCCC(=O)OC(COC(=O)CCCCCCCCCCCCCCCCCCCCCCCCCCCCCCCCCCCC)COP(=O)(O)OCCN. The smallest absolute Gasteiger partial charge is 0.462 e. The zero-order chi connectivity index (χ0) is 58.0. The van der Waals surface area contributed by atoms with E-state index in [2.05, 4.69) is 86.8 Å². The van der Waals surface area contributed by atoms with Crippen LogP contribution in [0.4, 0.5) is 0 Å². The summed E-state index contributed by atoms with van der Waals surface area (Å²) < 4.78 is 33.1. The molecule has 0 rings (SSSR count). The Kier molecular flexibility index (Phi) is 63.5. The summed E-state index contributed by atoms with van der Waals surface area (Å²) in [5, 5.41) is 0. The van der Waals surface area contributed by atoms with Crippen LogP contribution >= 0.6 is 7.82 Å². The Hall–Kier alpha value is -2.55. The molecule has 0 aromatic carbocycles. The lowest BCUT2D eigenvalue weighted by Crippen LogP contribution is -2.29. The summed E-state index contributed by atoms with van der Waals surface area (Å²) in [5.41, 5.74) is 5.39. The Balaban J connectivity index is 3.87. The predicted molar refractivity (Wildman–Crippen MR) is 344 cm³/mol. The molecular weight excluding hydrogens is 1010 g/mol. The van der Waals surface area contributed by atoms with Gasteiger partial charge in [-0.05, 0) is 64.2 Å². The summed E-state index contributed by atoms with van der Waals surface area (Å²) in [6, 6.07) is 0. The lowest BCUT2D eigenvalue weighted by Gasteiger charge is -2.19. The number of hydrogen-bond donors (Lipinski definition) is 2. The standard InChI is InChI=1S/C70H128NO8P/c1-3-5-7-9-11-13-15-17-19-21-23-25-27-29-30-31-32-33-34-35-36-37-39-40-42-44-46-48-50-52-54-56-58-60-62-69(72)76-66-68(67-78-80(74,75)77-65-64-71)79-70(73)63-61-59-57-55-53-51-49-47-45-43-41-38-28-26-24-22-20-18-16-14-12-10-8-6-4-2/h6,8,12,14,18,20,24,26,38,41,45,47,68H,3-5,7,9-11,13,15-17,19,21-23,25,27-37,39-40,42-44,46,48-67,71H2,1-2H3,(H,74,75)/b8-6-,14-12-,20-18-,26-24-,41-38-,47-45-. The van der Waals surface area contributed by atoms with Crippen molar-refractivity contribution in [2.45, 2.75) is 335 Å². The van der Waals surface area contributed by atoms with E-state index >= 15 is 0 Å². The van der Waals surface area contributed by atoms with Crippen molar-refractivity contribution in [3.63, 3.8) is 0 Å². The first kappa shape index (κ1) is 77.5. The van der Waals surface area contributed by atoms with Crippen molar-refractivity contribution >= 4 is 19.8 Å². The molecule has 466 valence electrons. The molecule has 3 N–H and O–H groups in total. The van der Waals surface area contributed by atoms with Crippen LogP contribution in [0.1, 0.15) is 328 Å². The molecule has 0 radical (unpaired) electrons. The number of unbranched alkanes of at least 4 members (excludes halogenated alkanes) is 39. The predicted octanol–water partition coefficient (Wildman–Crippen LogP) is 22.0. The third-order valence-electron chi connectivity index (χ3n) is 14.9. The van der Waals surface area contributed by atoms with E-state index in [1.807, 2.05) is 0 Å². The Morgan fingerprint density at radius 2 is 0.688 bits per heavy atom. The van der Waals surface area contributed by atoms with Crippen molar-refractivity contribution in [3.8, 4) is 0 Å². The van der Waals surface area contributed by atoms with E-state index < -0.39 is 26.5 Å². The Morgan fingerprint density at radius 1 is 0.388 bits per heavy atom. The summed E-state index contributed by atoms with van der Waals surface area (Å²) in [4.78, 5) is 35.3. The highest BCUT2D eigenvalue weighted by Gasteiger charge is 2.26. The van der Waals surface area contributed by atoms with Gasteiger partial charge >= 0.3 is 19.8 Å². The lowest BCUT2D eigenvalue weighted by atomic mass is 10.0. The molecule has 10 heteroatoms. The minimum Gasteiger partial charge on any atom is -0.462 e. The second-order valence-electron chi connectivity index (χ2n) is 22.7. The molecule has 80 heavy (non-hydrogen) atoms. The average molecular weight is 1140 g/mol. The second-order valence-corrected chi connectivity index (χ2v) is 24.1. The van der Waals surface area contributed by atoms with Crippen LogP contribution in [-0.2, 0) is 32.7 Å². The van der Waals surface area contributed by atoms with Crippen molar-refractivity contribution in [1.29, 1.82) is 0 Å². The van der Waals surface area contributed by atoms with Gasteiger partial charge in [0.15, 0.2) is 6.10 Å². The maximum Gasteiger partial charge on any atom is 0.472 e. The summed E-state index contributed by atoms with van der Waals surface area (Å²) in [6.07, 6.45) is 85.7. The lowest BCUT2D eigenvalue weighted by molar-refractivity contribution is -0.161. The maximum absolute atomic E-state index is 12.7. The van der Waals surface area contributed by atoms with Gasteiger partial charge in [-0.2, -0.15) is 0 Å². The van der Waals surface area contributed by atoms with Crippen molar-refractivity contribution in [1.82, 2.24) is 0 Å². The first-order valence-corrected chi connectivity index (χ1v) is 35.4. The number of carbonyl (C=O) groups is 2. The molecule has 0 heterocycles. The molecule has 0 saturated heterocycles. The van der Waals surface area contributed by atoms with Crippen LogP contribution in [0.5, 0.6) is 0 Å². The quantitative estimate of drug-likeness (QED) is 0.0264. The van der Waals surface area contributed by atoms with Gasteiger partial charge in [-0.15, -0.1) is 0 Å². The van der Waals surface area contributed by atoms with Crippen LogP contribution < -0.4 is 5.73 Å². The molecule has 9 nitrogen and oxygen atoms in total. The average Bonchev–Trinajstić information content (AvgIpc) is 3.45. The molecule has 0 spiro atoms. The Labute approximate surface area is 494 Å². The van der Waals surface area contributed by atoms with Crippen LogP contribution in [0.25, 0.3) is 0 Å². The third-order valence-corrected chi connectivity index (χ3v) is 15.8. The number of esters is 2. The second kappa shape index (κ2) is 65.6. The summed E-state index contributed by atoms with van der Waals surface area (Å²) in [6.45, 7) is 3.66. The molecule has 2 unspecified atom stereocenters. The third kappa shape index (κ3) is 64.6. The number of nitrogens with two attached hydrogens (primary N) is 1. The fourth-order valence-electron chi connectivity index (χ4n) is 9.88. The van der Waals surface area contributed by atoms with Gasteiger partial charge < -0.3 is 20.1 Å². The molecule has 0 aromatic rings. The van der Waals surface area contributed by atoms with E-state index in [0.29, 0.717) is 6.42 Å². The molecule has 0 saturated carbocycles. The number of carbonyl (C=O) groups excluding carboxylic acids is 2. The van der Waals surface area contributed by atoms with Gasteiger partial charge in [-0.3, -0.25) is 18.6 Å². The highest BCUT2D eigenvalue weighted by atomic mass is 31.2. The number of ether oxygens (including phenoxy) is 2. The molecule has 0 amide bonds. The largest absolute Gasteiger partial charge is 0.472 e. The normalized spacial score (nSPS) is 13.4. The van der Waals surface area contributed by atoms with Crippen molar-refractivity contribution in [2.24, 2.45) is 5.73 Å². The van der Waals surface area contributed by atoms with Crippen LogP contribution in [0.2, 0.25) is 0 Å². The highest BCUT2D eigenvalue weighted by Crippen LogP contribution is 2.43. The molecule has 0 fully saturated rings. The zero-order valence-electron chi connectivity index (χ0n) is 52.3. The minimum absolute atomic E-state index is 0.0488. The molecule has 2 atom stereocenters. The molecule has 0 aliphatic rings. The van der Waals surface area contributed by atoms with E-state index in [4.69, 9.17) is 24.3 Å². The van der Waals surface area contributed by atoms with E-state index in [0.717, 1.165) is 96.3 Å². The first-order chi connectivity index (χ1) is 39.3. The summed E-state index contributed by atoms with van der Waals surface area (Å²) >= 11 is 0. The fourth-order valence-corrected chi connectivity index (χ4v) is 10.6. The summed E-state index contributed by atoms with van der Waals surface area (Å²) in [7, 11) is -4.40. The molecule has 0 aliphatic heterocycles. The van der Waals surface area contributed by atoms with Gasteiger partial charge in [0, 0.05) is 19.4 Å². The fraction of sp³-hybridized carbons (Fsp3) is 0.800. The van der Waals surface area contributed by atoms with Crippen molar-refractivity contribution in [3.05, 3.63) is 72.9 Å². The van der Waals surface area contributed by atoms with Crippen LogP contribution in [0.3, 0.4) is 0 Å². The van der Waals surface area contributed by atoms with E-state index in [9.17, 15) is 19.0 Å². The van der Waals surface area contributed by atoms with Gasteiger partial charge in [-0.1, -0.05) is 324 Å². The van der Waals surface area contributed by atoms with Gasteiger partial charge in [-0.25, -0.2) is 4.57 Å². The van der Waals surface area contributed by atoms with Gasteiger partial charge in [0.1, 0.15) is 6.61 Å². The summed E-state index contributed by atoms with van der Waals surface area (Å²) in [5.74, 6) is -0.834. The van der Waals surface area contributed by atoms with Gasteiger partial charge in [0.25, 0.3) is 0 Å². The number of hydrogen-bond acceptors (Lipinski definition) is 8. The minimum atomic E-state index is -4.40.